The molecule has 0 saturated heterocycles. The molecule has 0 fully saturated rings. The highest BCUT2D eigenvalue weighted by molar-refractivity contribution is 5.90. The fraction of sp³-hybridized carbons (Fsp3) is 0.368. The van der Waals surface area contributed by atoms with Gasteiger partial charge in [0, 0.05) is 5.69 Å². The van der Waals surface area contributed by atoms with Crippen LogP contribution in [0.4, 0.5) is 5.69 Å². The van der Waals surface area contributed by atoms with E-state index in [9.17, 15) is 9.59 Å². The van der Waals surface area contributed by atoms with Gasteiger partial charge in [-0.15, -0.1) is 0 Å². The number of amides is 1. The molecule has 0 bridgehead atoms. The minimum absolute atomic E-state index is 0.0230. The van der Waals surface area contributed by atoms with Crippen LogP contribution in [0.2, 0.25) is 0 Å². The van der Waals surface area contributed by atoms with Gasteiger partial charge in [0.15, 0.2) is 0 Å². The van der Waals surface area contributed by atoms with Gasteiger partial charge in [-0.1, -0.05) is 32.9 Å². The highest BCUT2D eigenvalue weighted by Crippen LogP contribution is 2.23. The SMILES string of the molecule is Cc1nn(CC(=O)Nc2ccc(C(C)(C)C)cc2)c(=O)c(C#N)c1C. The number of nitrogens with zero attached hydrogens (tertiary/aromatic N) is 3. The Labute approximate surface area is 147 Å². The van der Waals surface area contributed by atoms with E-state index in [4.69, 9.17) is 5.26 Å². The van der Waals surface area contributed by atoms with E-state index in [1.165, 1.54) is 0 Å². The maximum absolute atomic E-state index is 12.2. The minimum atomic E-state index is -0.552. The molecule has 2 aromatic rings. The van der Waals surface area contributed by atoms with E-state index in [1.807, 2.05) is 30.3 Å². The maximum Gasteiger partial charge on any atom is 0.285 e. The Morgan fingerprint density at radius 2 is 1.84 bits per heavy atom. The van der Waals surface area contributed by atoms with Gasteiger partial charge in [-0.05, 0) is 42.5 Å². The molecule has 0 saturated carbocycles. The molecule has 0 radical (unpaired) electrons. The van der Waals surface area contributed by atoms with Crippen LogP contribution in [0.5, 0.6) is 0 Å². The molecule has 1 N–H and O–H groups in total. The molecule has 0 aliphatic heterocycles. The van der Waals surface area contributed by atoms with Gasteiger partial charge in [0.25, 0.3) is 5.56 Å². The predicted molar refractivity (Wildman–Crippen MR) is 96.5 cm³/mol. The molecule has 130 valence electrons. The molecule has 1 aromatic heterocycles. The average Bonchev–Trinajstić information content (AvgIpc) is 2.53. The number of anilines is 1. The van der Waals surface area contributed by atoms with Crippen LogP contribution < -0.4 is 10.9 Å². The number of hydrogen-bond acceptors (Lipinski definition) is 4. The van der Waals surface area contributed by atoms with Crippen LogP contribution in [0.15, 0.2) is 29.1 Å². The number of rotatable bonds is 3. The minimum Gasteiger partial charge on any atom is -0.324 e. The first-order chi connectivity index (χ1) is 11.6. The normalized spacial score (nSPS) is 11.0. The quantitative estimate of drug-likeness (QED) is 0.932. The van der Waals surface area contributed by atoms with Crippen molar-refractivity contribution in [2.45, 2.75) is 46.6 Å². The van der Waals surface area contributed by atoms with Gasteiger partial charge in [-0.25, -0.2) is 4.68 Å². The van der Waals surface area contributed by atoms with Crippen molar-refractivity contribution < 1.29 is 4.79 Å². The van der Waals surface area contributed by atoms with Gasteiger partial charge < -0.3 is 5.32 Å². The van der Waals surface area contributed by atoms with E-state index in [0.717, 1.165) is 10.2 Å². The summed E-state index contributed by atoms with van der Waals surface area (Å²) in [5.41, 5.74) is 2.41. The molecule has 0 aliphatic carbocycles. The summed E-state index contributed by atoms with van der Waals surface area (Å²) in [6, 6.07) is 9.47. The summed E-state index contributed by atoms with van der Waals surface area (Å²) in [6.45, 7) is 9.48. The van der Waals surface area contributed by atoms with Crippen LogP contribution in [0.3, 0.4) is 0 Å². The van der Waals surface area contributed by atoms with Gasteiger partial charge in [-0.2, -0.15) is 10.4 Å². The summed E-state index contributed by atoms with van der Waals surface area (Å²) in [6.07, 6.45) is 0. The molecule has 1 heterocycles. The smallest absolute Gasteiger partial charge is 0.285 e. The fourth-order valence-corrected chi connectivity index (χ4v) is 2.40. The van der Waals surface area contributed by atoms with Crippen molar-refractivity contribution >= 4 is 11.6 Å². The lowest BCUT2D eigenvalue weighted by molar-refractivity contribution is -0.117. The third-order valence-electron chi connectivity index (χ3n) is 4.08. The molecule has 25 heavy (non-hydrogen) atoms. The Balaban J connectivity index is 2.18. The van der Waals surface area contributed by atoms with Crippen molar-refractivity contribution in [3.05, 3.63) is 57.0 Å². The number of hydrogen-bond donors (Lipinski definition) is 1. The van der Waals surface area contributed by atoms with Gasteiger partial charge in [0.1, 0.15) is 18.2 Å². The lowest BCUT2D eigenvalue weighted by atomic mass is 9.87. The van der Waals surface area contributed by atoms with E-state index < -0.39 is 5.56 Å². The van der Waals surface area contributed by atoms with Gasteiger partial charge >= 0.3 is 0 Å². The third kappa shape index (κ3) is 4.13. The van der Waals surface area contributed by atoms with Crippen molar-refractivity contribution in [2.75, 3.05) is 5.32 Å². The van der Waals surface area contributed by atoms with E-state index in [1.54, 1.807) is 13.8 Å². The monoisotopic (exact) mass is 338 g/mol. The average molecular weight is 338 g/mol. The van der Waals surface area contributed by atoms with E-state index in [0.29, 0.717) is 16.9 Å². The van der Waals surface area contributed by atoms with Gasteiger partial charge in [-0.3, -0.25) is 9.59 Å². The fourth-order valence-electron chi connectivity index (χ4n) is 2.40. The number of nitriles is 1. The lowest BCUT2D eigenvalue weighted by Gasteiger charge is -2.19. The number of benzene rings is 1. The number of nitrogens with one attached hydrogen (secondary N) is 1. The van der Waals surface area contributed by atoms with Crippen LogP contribution >= 0.6 is 0 Å². The Morgan fingerprint density at radius 3 is 2.36 bits per heavy atom. The Bertz CT molecular complexity index is 897. The molecule has 0 spiro atoms. The summed E-state index contributed by atoms with van der Waals surface area (Å²) in [7, 11) is 0. The number of aromatic nitrogens is 2. The third-order valence-corrected chi connectivity index (χ3v) is 4.08. The first kappa shape index (κ1) is 18.4. The van der Waals surface area contributed by atoms with Crippen molar-refractivity contribution in [3.8, 4) is 6.07 Å². The standard InChI is InChI=1S/C19H22N4O2/c1-12-13(2)22-23(18(25)16(12)10-20)11-17(24)21-15-8-6-14(7-9-15)19(3,4)5/h6-9H,11H2,1-5H3,(H,21,24). The molecule has 6 heteroatoms. The van der Waals surface area contributed by atoms with Crippen LogP contribution in [-0.4, -0.2) is 15.7 Å². The molecule has 2 rings (SSSR count). The zero-order valence-electron chi connectivity index (χ0n) is 15.2. The van der Waals surface area contributed by atoms with Crippen LogP contribution in [-0.2, 0) is 16.8 Å². The molecule has 0 aliphatic rings. The zero-order valence-corrected chi connectivity index (χ0v) is 15.2. The number of carbonyl (C=O) groups is 1. The number of aryl methyl sites for hydroxylation is 1. The highest BCUT2D eigenvalue weighted by atomic mass is 16.2. The lowest BCUT2D eigenvalue weighted by Crippen LogP contribution is -2.32. The zero-order chi connectivity index (χ0) is 18.8. The predicted octanol–water partition coefficient (Wildman–Crippen LogP) is 2.67. The second-order valence-electron chi connectivity index (χ2n) is 7.04. The molecular weight excluding hydrogens is 316 g/mol. The van der Waals surface area contributed by atoms with Crippen LogP contribution in [0.1, 0.15) is 43.2 Å². The van der Waals surface area contributed by atoms with Gasteiger partial charge in [0.2, 0.25) is 5.91 Å². The van der Waals surface area contributed by atoms with Crippen LogP contribution in [0.25, 0.3) is 0 Å². The summed E-state index contributed by atoms with van der Waals surface area (Å²) >= 11 is 0. The molecule has 6 nitrogen and oxygen atoms in total. The Morgan fingerprint density at radius 1 is 1.24 bits per heavy atom. The molecular formula is C19H22N4O2. The van der Waals surface area contributed by atoms with Crippen molar-refractivity contribution in [3.63, 3.8) is 0 Å². The molecule has 0 unspecified atom stereocenters. The molecule has 1 aromatic carbocycles. The summed E-state index contributed by atoms with van der Waals surface area (Å²) in [4.78, 5) is 24.4. The van der Waals surface area contributed by atoms with E-state index >= 15 is 0 Å². The topological polar surface area (TPSA) is 87.8 Å². The molecule has 0 atom stereocenters. The van der Waals surface area contributed by atoms with Gasteiger partial charge in [0.05, 0.1) is 5.69 Å². The first-order valence-corrected chi connectivity index (χ1v) is 8.02. The largest absolute Gasteiger partial charge is 0.324 e. The van der Waals surface area contributed by atoms with Crippen molar-refractivity contribution in [1.29, 1.82) is 5.26 Å². The van der Waals surface area contributed by atoms with E-state index in [-0.39, 0.29) is 23.4 Å². The van der Waals surface area contributed by atoms with Crippen molar-refractivity contribution in [2.24, 2.45) is 0 Å². The summed E-state index contributed by atoms with van der Waals surface area (Å²) < 4.78 is 1.03. The maximum atomic E-state index is 12.2. The second-order valence-corrected chi connectivity index (χ2v) is 7.04. The Kier molecular flexibility index (Phi) is 5.07. The molecule has 1 amide bonds. The number of carbonyl (C=O) groups excluding carboxylic acids is 1. The first-order valence-electron chi connectivity index (χ1n) is 8.02. The van der Waals surface area contributed by atoms with Crippen molar-refractivity contribution in [1.82, 2.24) is 9.78 Å². The highest BCUT2D eigenvalue weighted by Gasteiger charge is 2.15. The van der Waals surface area contributed by atoms with Crippen LogP contribution in [0, 0.1) is 25.2 Å². The summed E-state index contributed by atoms with van der Waals surface area (Å²) in [5.74, 6) is -0.370. The summed E-state index contributed by atoms with van der Waals surface area (Å²) in [5, 5.41) is 16.0. The second kappa shape index (κ2) is 6.89. The Hall–Kier alpha value is -2.94. The van der Waals surface area contributed by atoms with E-state index in [2.05, 4.69) is 31.2 Å².